The third-order valence-corrected chi connectivity index (χ3v) is 6.60. The number of hydrogen-bond acceptors (Lipinski definition) is 5. The topological polar surface area (TPSA) is 102 Å². The van der Waals surface area contributed by atoms with Gasteiger partial charge in [-0.1, -0.05) is 18.2 Å². The van der Waals surface area contributed by atoms with Gasteiger partial charge in [0.2, 0.25) is 15.9 Å². The first-order valence-electron chi connectivity index (χ1n) is 10.3. The van der Waals surface area contributed by atoms with Crippen LogP contribution in [0.25, 0.3) is 5.69 Å². The fourth-order valence-electron chi connectivity index (χ4n) is 3.21. The summed E-state index contributed by atoms with van der Waals surface area (Å²) in [6.45, 7) is 3.91. The van der Waals surface area contributed by atoms with Gasteiger partial charge in [0.05, 0.1) is 29.4 Å². The Labute approximate surface area is 188 Å². The number of sulfonamides is 1. The molecule has 0 saturated heterocycles. The van der Waals surface area contributed by atoms with Gasteiger partial charge in [-0.15, -0.1) is 0 Å². The Morgan fingerprint density at radius 1 is 1.12 bits per heavy atom. The first-order valence-corrected chi connectivity index (χ1v) is 11.8. The summed E-state index contributed by atoms with van der Waals surface area (Å²) in [5, 5.41) is 7.34. The number of rotatable bonds is 10. The zero-order chi connectivity index (χ0) is 23.1. The van der Waals surface area contributed by atoms with Crippen molar-refractivity contribution in [3.8, 4) is 11.4 Å². The second-order valence-corrected chi connectivity index (χ2v) is 9.15. The fourth-order valence-corrected chi connectivity index (χ4v) is 4.41. The molecule has 1 amide bonds. The minimum atomic E-state index is -3.81. The molecule has 0 aliphatic rings. The van der Waals surface area contributed by atoms with Crippen LogP contribution >= 0.6 is 0 Å². The summed E-state index contributed by atoms with van der Waals surface area (Å²) < 4.78 is 34.2. The second kappa shape index (κ2) is 10.4. The van der Waals surface area contributed by atoms with Crippen LogP contribution in [-0.2, 0) is 21.2 Å². The summed E-state index contributed by atoms with van der Waals surface area (Å²) in [5.41, 5.74) is 3.05. The van der Waals surface area contributed by atoms with Gasteiger partial charge in [0.25, 0.3) is 0 Å². The number of benzene rings is 2. The van der Waals surface area contributed by atoms with Crippen LogP contribution in [0.3, 0.4) is 0 Å². The van der Waals surface area contributed by atoms with Gasteiger partial charge < -0.3 is 10.1 Å². The van der Waals surface area contributed by atoms with Crippen LogP contribution in [-0.4, -0.2) is 43.8 Å². The van der Waals surface area contributed by atoms with Crippen LogP contribution in [0.2, 0.25) is 0 Å². The van der Waals surface area contributed by atoms with Crippen LogP contribution in [0.5, 0.6) is 5.75 Å². The Kier molecular flexibility index (Phi) is 7.66. The molecule has 0 fully saturated rings. The number of methoxy groups -OCH3 is 1. The Balaban J connectivity index is 1.48. The molecule has 1 heterocycles. The van der Waals surface area contributed by atoms with E-state index in [1.165, 1.54) is 26.2 Å². The Morgan fingerprint density at radius 3 is 2.47 bits per heavy atom. The molecular formula is C23H28N4O4S. The van der Waals surface area contributed by atoms with Crippen molar-refractivity contribution in [1.82, 2.24) is 19.8 Å². The Hall–Kier alpha value is -3.17. The first kappa shape index (κ1) is 23.5. The van der Waals surface area contributed by atoms with Crippen molar-refractivity contribution < 1.29 is 17.9 Å². The molecule has 3 rings (SSSR count). The molecule has 0 unspecified atom stereocenters. The molecule has 2 aromatic carbocycles. The number of aromatic nitrogens is 2. The molecule has 170 valence electrons. The molecule has 8 nitrogen and oxygen atoms in total. The van der Waals surface area contributed by atoms with E-state index in [0.29, 0.717) is 18.7 Å². The average Bonchev–Trinajstić information content (AvgIpc) is 3.17. The summed E-state index contributed by atoms with van der Waals surface area (Å²) in [6.07, 6.45) is 3.47. The molecule has 3 aromatic rings. The third kappa shape index (κ3) is 5.95. The summed E-state index contributed by atoms with van der Waals surface area (Å²) in [4.78, 5) is 12.4. The zero-order valence-electron chi connectivity index (χ0n) is 18.4. The molecule has 0 aliphatic carbocycles. The van der Waals surface area contributed by atoms with Crippen molar-refractivity contribution >= 4 is 15.9 Å². The highest BCUT2D eigenvalue weighted by atomic mass is 32.2. The predicted octanol–water partition coefficient (Wildman–Crippen LogP) is 2.61. The van der Waals surface area contributed by atoms with Gasteiger partial charge in [-0.05, 0) is 68.7 Å². The van der Waals surface area contributed by atoms with Gasteiger partial charge in [0.1, 0.15) is 5.75 Å². The largest absolute Gasteiger partial charge is 0.497 e. The number of para-hydroxylation sites is 1. The lowest BCUT2D eigenvalue weighted by Crippen LogP contribution is -2.45. The number of nitrogens with zero attached hydrogens (tertiary/aromatic N) is 2. The number of carbonyl (C=O) groups is 1. The zero-order valence-corrected chi connectivity index (χ0v) is 19.2. The molecular weight excluding hydrogens is 428 g/mol. The van der Waals surface area contributed by atoms with Gasteiger partial charge >= 0.3 is 0 Å². The van der Waals surface area contributed by atoms with Crippen LogP contribution in [0.1, 0.15) is 24.6 Å². The van der Waals surface area contributed by atoms with Crippen molar-refractivity contribution in [2.75, 3.05) is 13.7 Å². The lowest BCUT2D eigenvalue weighted by atomic mass is 10.1. The predicted molar refractivity (Wildman–Crippen MR) is 122 cm³/mol. The van der Waals surface area contributed by atoms with Gasteiger partial charge in [0, 0.05) is 12.7 Å². The summed E-state index contributed by atoms with van der Waals surface area (Å²) in [7, 11) is -2.30. The van der Waals surface area contributed by atoms with E-state index in [2.05, 4.69) is 15.1 Å². The van der Waals surface area contributed by atoms with E-state index >= 15 is 0 Å². The van der Waals surface area contributed by atoms with E-state index in [0.717, 1.165) is 23.4 Å². The maximum absolute atomic E-state index is 12.5. The minimum Gasteiger partial charge on any atom is -0.497 e. The van der Waals surface area contributed by atoms with Crippen molar-refractivity contribution in [2.45, 2.75) is 37.6 Å². The molecule has 0 aliphatic heterocycles. The third-order valence-electron chi connectivity index (χ3n) is 5.04. The molecule has 0 spiro atoms. The maximum Gasteiger partial charge on any atom is 0.241 e. The van der Waals surface area contributed by atoms with Crippen LogP contribution < -0.4 is 14.8 Å². The number of nitrogens with one attached hydrogen (secondary N) is 2. The summed E-state index contributed by atoms with van der Waals surface area (Å²) in [5.74, 6) is 0.179. The molecule has 1 atom stereocenters. The molecule has 9 heteroatoms. The lowest BCUT2D eigenvalue weighted by Gasteiger charge is -2.14. The number of hydrogen-bond donors (Lipinski definition) is 2. The van der Waals surface area contributed by atoms with E-state index in [-0.39, 0.29) is 10.8 Å². The molecule has 1 aromatic heterocycles. The molecule has 32 heavy (non-hydrogen) atoms. The van der Waals surface area contributed by atoms with Gasteiger partial charge in [-0.3, -0.25) is 4.79 Å². The van der Waals surface area contributed by atoms with Crippen LogP contribution in [0, 0.1) is 6.92 Å². The minimum absolute atomic E-state index is 0.0730. The van der Waals surface area contributed by atoms with Gasteiger partial charge in [0.15, 0.2) is 0 Å². The van der Waals surface area contributed by atoms with E-state index in [4.69, 9.17) is 4.74 Å². The lowest BCUT2D eigenvalue weighted by molar-refractivity contribution is -0.122. The molecule has 0 radical (unpaired) electrons. The van der Waals surface area contributed by atoms with Crippen LogP contribution in [0.4, 0.5) is 0 Å². The SMILES string of the molecule is COc1ccc(S(=O)(=O)N[C@@H](C)C(=O)NCCCc2cn(-c3ccccc3)nc2C)cc1. The van der Waals surface area contributed by atoms with Gasteiger partial charge in [-0.25, -0.2) is 13.1 Å². The smallest absolute Gasteiger partial charge is 0.241 e. The first-order chi connectivity index (χ1) is 15.3. The molecule has 0 saturated carbocycles. The molecule has 2 N–H and O–H groups in total. The van der Waals surface area contributed by atoms with E-state index in [9.17, 15) is 13.2 Å². The van der Waals surface area contributed by atoms with Crippen molar-refractivity contribution in [3.05, 3.63) is 72.1 Å². The maximum atomic E-state index is 12.5. The normalized spacial score (nSPS) is 12.3. The van der Waals surface area contributed by atoms with Gasteiger partial charge in [-0.2, -0.15) is 9.82 Å². The number of aryl methyl sites for hydroxylation is 2. The highest BCUT2D eigenvalue weighted by Gasteiger charge is 2.21. The Bertz CT molecular complexity index is 1140. The monoisotopic (exact) mass is 456 g/mol. The van der Waals surface area contributed by atoms with Crippen molar-refractivity contribution in [1.29, 1.82) is 0 Å². The summed E-state index contributed by atoms with van der Waals surface area (Å²) in [6, 6.07) is 15.0. The standard InChI is InChI=1S/C23H28N4O4S/c1-17-19(16-27(25-17)20-9-5-4-6-10-20)8-7-15-24-23(28)18(2)26-32(29,30)22-13-11-21(31-3)12-14-22/h4-6,9-14,16,18,26H,7-8,15H2,1-3H3,(H,24,28)/t18-/m0/s1. The number of carbonyl (C=O) groups excluding carboxylic acids is 1. The van der Waals surface area contributed by atoms with Crippen molar-refractivity contribution in [2.24, 2.45) is 0 Å². The summed E-state index contributed by atoms with van der Waals surface area (Å²) >= 11 is 0. The average molecular weight is 457 g/mol. The quantitative estimate of drug-likeness (QED) is 0.457. The number of amides is 1. The fraction of sp³-hybridized carbons (Fsp3) is 0.304. The van der Waals surface area contributed by atoms with E-state index in [1.54, 1.807) is 12.1 Å². The molecule has 0 bridgehead atoms. The van der Waals surface area contributed by atoms with E-state index in [1.807, 2.05) is 48.1 Å². The highest BCUT2D eigenvalue weighted by molar-refractivity contribution is 7.89. The highest BCUT2D eigenvalue weighted by Crippen LogP contribution is 2.16. The second-order valence-electron chi connectivity index (χ2n) is 7.43. The van der Waals surface area contributed by atoms with Crippen LogP contribution in [0.15, 0.2) is 65.7 Å². The van der Waals surface area contributed by atoms with Crippen molar-refractivity contribution in [3.63, 3.8) is 0 Å². The van der Waals surface area contributed by atoms with E-state index < -0.39 is 16.1 Å². The number of ether oxygens (including phenoxy) is 1. The Morgan fingerprint density at radius 2 is 1.81 bits per heavy atom.